The number of esters is 1. The molecule has 0 fully saturated rings. The van der Waals surface area contributed by atoms with Crippen LogP contribution in [0.3, 0.4) is 0 Å². The lowest BCUT2D eigenvalue weighted by Gasteiger charge is -2.18. The Morgan fingerprint density at radius 1 is 1.13 bits per heavy atom. The molecule has 0 amide bonds. The number of aromatic nitrogens is 3. The molecule has 2 heterocycles. The maximum absolute atomic E-state index is 12.7. The highest BCUT2D eigenvalue weighted by Gasteiger charge is 2.24. The Hall–Kier alpha value is -3.22. The molecule has 0 saturated heterocycles. The summed E-state index contributed by atoms with van der Waals surface area (Å²) in [6.07, 6.45) is 8.08. The lowest BCUT2D eigenvalue weighted by atomic mass is 10.0. The van der Waals surface area contributed by atoms with Gasteiger partial charge in [-0.3, -0.25) is 0 Å². The number of carboxylic acids is 1. The Balaban J connectivity index is 2.01. The smallest absolute Gasteiger partial charge is 0.336 e. The minimum atomic E-state index is -1.00. The summed E-state index contributed by atoms with van der Waals surface area (Å²) >= 11 is 0. The summed E-state index contributed by atoms with van der Waals surface area (Å²) in [5.41, 5.74) is 2.63. The van der Waals surface area contributed by atoms with Gasteiger partial charge < -0.3 is 14.4 Å². The maximum Gasteiger partial charge on any atom is 0.336 e. The number of carbonyl (C=O) groups excluding carboxylic acids is 1. The predicted octanol–water partition coefficient (Wildman–Crippen LogP) is 4.87. The molecule has 0 saturated carbocycles. The lowest BCUT2D eigenvalue weighted by molar-refractivity contribution is -0.147. The minimum absolute atomic E-state index is 0.200. The van der Waals surface area contributed by atoms with Gasteiger partial charge in [-0.25, -0.2) is 19.6 Å². The first-order valence-corrected chi connectivity index (χ1v) is 10.4. The SMILES string of the molecule is CCCCCCC(C(=O)OCC)n1cnc2ncc(-c3ccccc3C(=O)O)cc21. The van der Waals surface area contributed by atoms with E-state index in [9.17, 15) is 14.7 Å². The topological polar surface area (TPSA) is 94.3 Å². The Morgan fingerprint density at radius 3 is 2.67 bits per heavy atom. The third-order valence-electron chi connectivity index (χ3n) is 5.12. The first-order chi connectivity index (χ1) is 14.6. The van der Waals surface area contributed by atoms with Gasteiger partial charge in [0.1, 0.15) is 6.04 Å². The number of carbonyl (C=O) groups is 2. The first kappa shape index (κ1) is 21.5. The van der Waals surface area contributed by atoms with Gasteiger partial charge >= 0.3 is 11.9 Å². The average Bonchev–Trinajstić information content (AvgIpc) is 3.17. The van der Waals surface area contributed by atoms with Crippen molar-refractivity contribution >= 4 is 23.1 Å². The summed E-state index contributed by atoms with van der Waals surface area (Å²) in [6.45, 7) is 4.25. The molecule has 1 atom stereocenters. The second-order valence-electron chi connectivity index (χ2n) is 7.19. The van der Waals surface area contributed by atoms with Crippen molar-refractivity contribution in [2.24, 2.45) is 0 Å². The molecule has 1 unspecified atom stereocenters. The zero-order chi connectivity index (χ0) is 21.5. The molecular formula is C23H27N3O4. The average molecular weight is 409 g/mol. The van der Waals surface area contributed by atoms with E-state index < -0.39 is 12.0 Å². The Labute approximate surface area is 175 Å². The number of pyridine rings is 1. The highest BCUT2D eigenvalue weighted by Crippen LogP contribution is 2.28. The lowest BCUT2D eigenvalue weighted by Crippen LogP contribution is -2.21. The Kier molecular flexibility index (Phi) is 7.17. The Morgan fingerprint density at radius 2 is 1.93 bits per heavy atom. The van der Waals surface area contributed by atoms with Crippen LogP contribution in [-0.4, -0.2) is 38.2 Å². The van der Waals surface area contributed by atoms with Gasteiger partial charge in [-0.15, -0.1) is 0 Å². The molecule has 0 spiro atoms. The van der Waals surface area contributed by atoms with Crippen LogP contribution < -0.4 is 0 Å². The molecule has 7 heteroatoms. The maximum atomic E-state index is 12.7. The summed E-state index contributed by atoms with van der Waals surface area (Å²) in [4.78, 5) is 33.0. The van der Waals surface area contributed by atoms with E-state index in [2.05, 4.69) is 16.9 Å². The number of hydrogen-bond donors (Lipinski definition) is 1. The van der Waals surface area contributed by atoms with Crippen molar-refractivity contribution in [1.29, 1.82) is 0 Å². The number of aromatic carboxylic acids is 1. The molecule has 7 nitrogen and oxygen atoms in total. The molecule has 0 radical (unpaired) electrons. The van der Waals surface area contributed by atoms with Crippen molar-refractivity contribution in [3.05, 3.63) is 48.4 Å². The van der Waals surface area contributed by atoms with Gasteiger partial charge in [-0.2, -0.15) is 0 Å². The number of ether oxygens (including phenoxy) is 1. The van der Waals surface area contributed by atoms with Gasteiger partial charge in [-0.05, 0) is 31.0 Å². The molecule has 3 rings (SSSR count). The molecule has 1 N–H and O–H groups in total. The van der Waals surface area contributed by atoms with Crippen LogP contribution in [0.2, 0.25) is 0 Å². The summed E-state index contributed by atoms with van der Waals surface area (Å²) in [7, 11) is 0. The predicted molar refractivity (Wildman–Crippen MR) is 114 cm³/mol. The van der Waals surface area contributed by atoms with E-state index in [0.29, 0.717) is 35.3 Å². The summed E-state index contributed by atoms with van der Waals surface area (Å²) in [6, 6.07) is 8.15. The standard InChI is InChI=1S/C23H27N3O4/c1-3-5-6-7-12-19(23(29)30-4-2)26-15-25-21-20(26)13-16(14-24-21)17-10-8-9-11-18(17)22(27)28/h8-11,13-15,19H,3-7,12H2,1-2H3,(H,27,28). The molecular weight excluding hydrogens is 382 g/mol. The van der Waals surface area contributed by atoms with Crippen LogP contribution in [0.5, 0.6) is 0 Å². The van der Waals surface area contributed by atoms with Crippen molar-refractivity contribution in [2.45, 2.75) is 52.0 Å². The van der Waals surface area contributed by atoms with E-state index in [4.69, 9.17) is 4.74 Å². The van der Waals surface area contributed by atoms with E-state index in [-0.39, 0.29) is 11.5 Å². The van der Waals surface area contributed by atoms with E-state index in [1.54, 1.807) is 48.3 Å². The quantitative estimate of drug-likeness (QED) is 0.379. The van der Waals surface area contributed by atoms with Gasteiger partial charge in [-0.1, -0.05) is 50.8 Å². The number of rotatable bonds is 10. The highest BCUT2D eigenvalue weighted by atomic mass is 16.5. The Bertz CT molecular complexity index is 1030. The molecule has 0 aliphatic carbocycles. The summed E-state index contributed by atoms with van der Waals surface area (Å²) < 4.78 is 7.12. The van der Waals surface area contributed by atoms with Crippen LogP contribution in [0.4, 0.5) is 0 Å². The highest BCUT2D eigenvalue weighted by molar-refractivity contribution is 5.96. The van der Waals surface area contributed by atoms with E-state index >= 15 is 0 Å². The molecule has 0 bridgehead atoms. The number of hydrogen-bond acceptors (Lipinski definition) is 5. The van der Waals surface area contributed by atoms with Crippen molar-refractivity contribution in [3.63, 3.8) is 0 Å². The number of benzene rings is 1. The van der Waals surface area contributed by atoms with Crippen LogP contribution in [0.15, 0.2) is 42.9 Å². The van der Waals surface area contributed by atoms with Gasteiger partial charge in [0, 0.05) is 11.8 Å². The van der Waals surface area contributed by atoms with Crippen LogP contribution in [0, 0.1) is 0 Å². The van der Waals surface area contributed by atoms with Crippen molar-refractivity contribution in [1.82, 2.24) is 14.5 Å². The van der Waals surface area contributed by atoms with E-state index in [1.807, 2.05) is 6.07 Å². The molecule has 158 valence electrons. The van der Waals surface area contributed by atoms with E-state index in [1.165, 1.54) is 0 Å². The number of fused-ring (bicyclic) bond motifs is 1. The molecule has 0 aliphatic rings. The van der Waals surface area contributed by atoms with Crippen LogP contribution >= 0.6 is 0 Å². The summed E-state index contributed by atoms with van der Waals surface area (Å²) in [5, 5.41) is 9.52. The summed E-state index contributed by atoms with van der Waals surface area (Å²) in [5.74, 6) is -1.29. The van der Waals surface area contributed by atoms with Gasteiger partial charge in [0.25, 0.3) is 0 Å². The van der Waals surface area contributed by atoms with Crippen molar-refractivity contribution in [2.75, 3.05) is 6.61 Å². The van der Waals surface area contributed by atoms with E-state index in [0.717, 1.165) is 25.7 Å². The third kappa shape index (κ3) is 4.67. The fraction of sp³-hybridized carbons (Fsp3) is 0.391. The third-order valence-corrected chi connectivity index (χ3v) is 5.12. The molecule has 1 aromatic carbocycles. The van der Waals surface area contributed by atoms with Crippen LogP contribution in [0.1, 0.15) is 62.4 Å². The molecule has 3 aromatic rings. The largest absolute Gasteiger partial charge is 0.478 e. The number of nitrogens with zero attached hydrogens (tertiary/aromatic N) is 3. The van der Waals surface area contributed by atoms with Gasteiger partial charge in [0.15, 0.2) is 5.65 Å². The number of carboxylic acid groups (broad SMARTS) is 1. The van der Waals surface area contributed by atoms with Gasteiger partial charge in [0.05, 0.1) is 24.0 Å². The minimum Gasteiger partial charge on any atom is -0.478 e. The van der Waals surface area contributed by atoms with Crippen molar-refractivity contribution in [3.8, 4) is 11.1 Å². The van der Waals surface area contributed by atoms with Crippen LogP contribution in [0.25, 0.3) is 22.3 Å². The molecule has 0 aliphatic heterocycles. The monoisotopic (exact) mass is 409 g/mol. The van der Waals surface area contributed by atoms with Crippen LogP contribution in [-0.2, 0) is 9.53 Å². The number of unbranched alkanes of at least 4 members (excludes halogenated alkanes) is 3. The van der Waals surface area contributed by atoms with Gasteiger partial charge in [0.2, 0.25) is 0 Å². The zero-order valence-corrected chi connectivity index (χ0v) is 17.4. The fourth-order valence-corrected chi connectivity index (χ4v) is 3.60. The second kappa shape index (κ2) is 10.0. The molecule has 30 heavy (non-hydrogen) atoms. The second-order valence-corrected chi connectivity index (χ2v) is 7.19. The molecule has 2 aromatic heterocycles. The zero-order valence-electron chi connectivity index (χ0n) is 17.4. The number of imidazole rings is 1. The fourth-order valence-electron chi connectivity index (χ4n) is 3.60. The van der Waals surface area contributed by atoms with Crippen molar-refractivity contribution < 1.29 is 19.4 Å². The normalized spacial score (nSPS) is 12.1. The first-order valence-electron chi connectivity index (χ1n) is 10.4.